The first-order valence-electron chi connectivity index (χ1n) is 18.9. The number of carbonyl (C=O) groups is 5. The zero-order valence-electron chi connectivity index (χ0n) is 33.1. The van der Waals surface area contributed by atoms with Crippen LogP contribution in [0.4, 0.5) is 0 Å². The summed E-state index contributed by atoms with van der Waals surface area (Å²) in [5, 5.41) is 19.0. The summed E-state index contributed by atoms with van der Waals surface area (Å²) in [5.74, 6) is -2.88. The molecule has 6 atom stereocenters. The number of nitrogens with one attached hydrogen (secondary N) is 3. The molecule has 3 aromatic carbocycles. The summed E-state index contributed by atoms with van der Waals surface area (Å²) in [5.41, 5.74) is 2.82. The van der Waals surface area contributed by atoms with E-state index >= 15 is 0 Å². The van der Waals surface area contributed by atoms with Crippen LogP contribution in [-0.2, 0) is 53.2 Å². The third-order valence-corrected chi connectivity index (χ3v) is 9.37. The summed E-state index contributed by atoms with van der Waals surface area (Å²) in [6, 6.07) is 29.9. The van der Waals surface area contributed by atoms with Crippen molar-refractivity contribution in [3.63, 3.8) is 0 Å². The molecule has 4 N–H and O–H groups in total. The minimum absolute atomic E-state index is 0.156. The number of nitrogens with zero attached hydrogens (tertiary/aromatic N) is 1. The van der Waals surface area contributed by atoms with Gasteiger partial charge in [-0.1, -0.05) is 91.0 Å². The number of ether oxygens (including phenoxy) is 5. The molecule has 15 nitrogen and oxygen atoms in total. The molecule has 3 aromatic rings. The van der Waals surface area contributed by atoms with E-state index in [4.69, 9.17) is 23.7 Å². The van der Waals surface area contributed by atoms with E-state index < -0.39 is 73.0 Å². The van der Waals surface area contributed by atoms with E-state index in [1.807, 2.05) is 54.6 Å². The van der Waals surface area contributed by atoms with Crippen LogP contribution in [0.25, 0.3) is 0 Å². The summed E-state index contributed by atoms with van der Waals surface area (Å²) in [7, 11) is 2.10. The van der Waals surface area contributed by atoms with Gasteiger partial charge in [-0.05, 0) is 36.6 Å². The highest BCUT2D eigenvalue weighted by Gasteiger charge is 2.52. The smallest absolute Gasteiger partial charge is 0.303 e. The molecule has 0 radical (unpaired) electrons. The van der Waals surface area contributed by atoms with Crippen LogP contribution in [-0.4, -0.2) is 110 Å². The van der Waals surface area contributed by atoms with Crippen LogP contribution in [0.15, 0.2) is 91.0 Å². The Bertz CT molecular complexity index is 1650. The van der Waals surface area contributed by atoms with Gasteiger partial charge >= 0.3 is 17.9 Å². The number of rotatable bonds is 20. The van der Waals surface area contributed by atoms with Crippen molar-refractivity contribution in [2.75, 3.05) is 33.3 Å². The van der Waals surface area contributed by atoms with Crippen LogP contribution in [0, 0.1) is 0 Å². The molecular formula is C42H54N4O11. The molecule has 1 saturated heterocycles. The molecule has 0 aromatic heterocycles. The van der Waals surface area contributed by atoms with Gasteiger partial charge in [-0.2, -0.15) is 0 Å². The quantitative estimate of drug-likeness (QED) is 0.0430. The number of hydrogen-bond acceptors (Lipinski definition) is 13. The Balaban J connectivity index is 1.31. The van der Waals surface area contributed by atoms with Crippen LogP contribution in [0.3, 0.4) is 0 Å². The van der Waals surface area contributed by atoms with E-state index in [1.54, 1.807) is 0 Å². The third kappa shape index (κ3) is 12.7. The van der Waals surface area contributed by atoms with Gasteiger partial charge in [-0.25, -0.2) is 0 Å². The van der Waals surface area contributed by atoms with Crippen molar-refractivity contribution in [3.05, 3.63) is 108 Å². The second-order valence-electron chi connectivity index (χ2n) is 13.7. The van der Waals surface area contributed by atoms with Crippen LogP contribution in [0.5, 0.6) is 0 Å². The third-order valence-electron chi connectivity index (χ3n) is 9.37. The van der Waals surface area contributed by atoms with Crippen molar-refractivity contribution in [1.29, 1.82) is 0 Å². The van der Waals surface area contributed by atoms with Crippen LogP contribution < -0.4 is 16.0 Å². The Labute approximate surface area is 333 Å². The lowest BCUT2D eigenvalue weighted by molar-refractivity contribution is -0.313. The fraction of sp³-hybridized carbons (Fsp3) is 0.452. The van der Waals surface area contributed by atoms with Crippen molar-refractivity contribution in [1.82, 2.24) is 20.9 Å². The zero-order chi connectivity index (χ0) is 41.4. The van der Waals surface area contributed by atoms with E-state index in [9.17, 15) is 29.1 Å². The summed E-state index contributed by atoms with van der Waals surface area (Å²) < 4.78 is 27.5. The first kappa shape index (κ1) is 44.5. The van der Waals surface area contributed by atoms with E-state index in [0.717, 1.165) is 30.5 Å². The van der Waals surface area contributed by atoms with E-state index in [2.05, 4.69) is 64.3 Å². The number of carbonyl (C=O) groups excluding carboxylic acids is 5. The lowest BCUT2D eigenvalue weighted by atomic mass is 9.75. The molecule has 1 heterocycles. The van der Waals surface area contributed by atoms with Gasteiger partial charge in [-0.3, -0.25) is 34.2 Å². The Morgan fingerprint density at radius 3 is 1.77 bits per heavy atom. The van der Waals surface area contributed by atoms with Gasteiger partial charge in [0.05, 0.1) is 5.54 Å². The normalized spacial score (nSPS) is 19.9. The van der Waals surface area contributed by atoms with Crippen molar-refractivity contribution < 1.29 is 52.8 Å². The second-order valence-corrected chi connectivity index (χ2v) is 13.7. The molecule has 57 heavy (non-hydrogen) atoms. The molecular weight excluding hydrogens is 736 g/mol. The molecule has 0 aliphatic carbocycles. The lowest BCUT2D eigenvalue weighted by Gasteiger charge is -2.45. The zero-order valence-corrected chi connectivity index (χ0v) is 33.1. The average molecular weight is 791 g/mol. The Hall–Kier alpha value is -5.19. The standard InChI is InChI=1S/C42H54N4O11/c1-28(47)45-37-39(55-31(4)50)38(54-30(3)49)35(27-53-29(2)48)56-40(37)57-41(52)44-24-15-23-36(51)43-25-16-26-46(5)42(32-17-9-6-10-18-32,33-19-11-7-12-20-33)34-21-13-8-14-22-34/h6-14,17-22,35,37-41,44,52H,15-16,23-27H2,1-5H3,(H,43,51)(H,45,47). The number of benzene rings is 3. The van der Waals surface area contributed by atoms with Gasteiger partial charge in [0.1, 0.15) is 18.8 Å². The van der Waals surface area contributed by atoms with Crippen molar-refractivity contribution in [2.45, 2.75) is 89.6 Å². The van der Waals surface area contributed by atoms with Crippen molar-refractivity contribution in [3.8, 4) is 0 Å². The number of aliphatic hydroxyl groups excluding tert-OH is 1. The molecule has 0 bridgehead atoms. The van der Waals surface area contributed by atoms with Gasteiger partial charge in [0.15, 0.2) is 18.5 Å². The highest BCUT2D eigenvalue weighted by molar-refractivity contribution is 5.75. The van der Waals surface area contributed by atoms with Gasteiger partial charge < -0.3 is 39.4 Å². The molecule has 6 unspecified atom stereocenters. The Morgan fingerprint density at radius 2 is 1.28 bits per heavy atom. The minimum Gasteiger partial charge on any atom is -0.463 e. The molecule has 1 fully saturated rings. The highest BCUT2D eigenvalue weighted by atomic mass is 16.8. The maximum atomic E-state index is 12.8. The number of aliphatic hydroxyl groups is 1. The van der Waals surface area contributed by atoms with Crippen molar-refractivity contribution >= 4 is 29.7 Å². The van der Waals surface area contributed by atoms with Crippen molar-refractivity contribution in [2.24, 2.45) is 0 Å². The predicted molar refractivity (Wildman–Crippen MR) is 208 cm³/mol. The molecule has 15 heteroatoms. The largest absolute Gasteiger partial charge is 0.463 e. The average Bonchev–Trinajstić information content (AvgIpc) is 3.18. The SMILES string of the molecule is CC(=O)NC1C(OC(O)NCCCC(=O)NCCCN(C)C(c2ccccc2)(c2ccccc2)c2ccccc2)OC(COC(C)=O)C(OC(C)=O)C1OC(C)=O. The first-order chi connectivity index (χ1) is 27.3. The number of hydrogen-bond donors (Lipinski definition) is 4. The molecule has 2 amide bonds. The molecule has 4 rings (SSSR count). The maximum Gasteiger partial charge on any atom is 0.303 e. The topological polar surface area (TPSA) is 191 Å². The van der Waals surface area contributed by atoms with Gasteiger partial charge in [0.25, 0.3) is 0 Å². The molecule has 1 aliphatic rings. The van der Waals surface area contributed by atoms with E-state index in [1.165, 1.54) is 13.8 Å². The highest BCUT2D eigenvalue weighted by Crippen LogP contribution is 2.41. The second kappa shape index (κ2) is 21.9. The molecule has 308 valence electrons. The molecule has 0 saturated carbocycles. The molecule has 1 aliphatic heterocycles. The number of esters is 3. The summed E-state index contributed by atoms with van der Waals surface area (Å²) in [4.78, 5) is 62.9. The first-order valence-corrected chi connectivity index (χ1v) is 18.9. The molecule has 0 spiro atoms. The van der Waals surface area contributed by atoms with Crippen LogP contribution in [0.1, 0.15) is 63.6 Å². The monoisotopic (exact) mass is 790 g/mol. The van der Waals surface area contributed by atoms with E-state index in [0.29, 0.717) is 25.9 Å². The summed E-state index contributed by atoms with van der Waals surface area (Å²) in [6.07, 6.45) is -5.77. The van der Waals surface area contributed by atoms with Gasteiger partial charge in [0, 0.05) is 53.8 Å². The predicted octanol–water partition coefficient (Wildman–Crippen LogP) is 2.74. The van der Waals surface area contributed by atoms with Gasteiger partial charge in [-0.15, -0.1) is 0 Å². The summed E-state index contributed by atoms with van der Waals surface area (Å²) in [6.45, 7) is 5.50. The fourth-order valence-corrected chi connectivity index (χ4v) is 7.06. The lowest BCUT2D eigenvalue weighted by Crippen LogP contribution is -2.67. The van der Waals surface area contributed by atoms with Crippen LogP contribution in [0.2, 0.25) is 0 Å². The number of amides is 2. The fourth-order valence-electron chi connectivity index (χ4n) is 7.06. The Kier molecular flexibility index (Phi) is 17.1. The maximum absolute atomic E-state index is 12.8. The van der Waals surface area contributed by atoms with Gasteiger partial charge in [0.2, 0.25) is 18.2 Å². The summed E-state index contributed by atoms with van der Waals surface area (Å²) >= 11 is 0. The van der Waals surface area contributed by atoms with E-state index in [-0.39, 0.29) is 18.9 Å². The van der Waals surface area contributed by atoms with Crippen LogP contribution >= 0.6 is 0 Å². The minimum atomic E-state index is -1.67. The Morgan fingerprint density at radius 1 is 0.754 bits per heavy atom.